The molecule has 1 aromatic heterocycles. The van der Waals surface area contributed by atoms with E-state index in [1.165, 1.54) is 42.5 Å². The molecule has 5 rings (SSSR count). The van der Waals surface area contributed by atoms with Crippen LogP contribution in [0.15, 0.2) is 83.6 Å². The molecule has 4 aromatic rings. The number of aromatic amines is 1. The molecule has 1 aliphatic heterocycles. The second kappa shape index (κ2) is 7.30. The molecule has 0 radical (unpaired) electrons. The number of carbonyl (C=O) groups is 1. The lowest BCUT2D eigenvalue weighted by Crippen LogP contribution is -2.09. The van der Waals surface area contributed by atoms with Gasteiger partial charge < -0.3 is 13.9 Å². The van der Waals surface area contributed by atoms with Crippen molar-refractivity contribution >= 4 is 44.5 Å². The molecule has 8 heteroatoms. The monoisotopic (exact) mass is 451 g/mol. The van der Waals surface area contributed by atoms with Crippen LogP contribution in [0.4, 0.5) is 0 Å². The van der Waals surface area contributed by atoms with E-state index in [0.29, 0.717) is 10.6 Å². The van der Waals surface area contributed by atoms with Crippen LogP contribution >= 0.6 is 11.6 Å². The maximum Gasteiger partial charge on any atom is 0.339 e. The zero-order valence-corrected chi connectivity index (χ0v) is 17.4. The van der Waals surface area contributed by atoms with Gasteiger partial charge in [0.1, 0.15) is 16.4 Å². The number of benzene rings is 3. The Bertz CT molecular complexity index is 1470. The lowest BCUT2D eigenvalue weighted by atomic mass is 10.1. The fourth-order valence-corrected chi connectivity index (χ4v) is 4.40. The van der Waals surface area contributed by atoms with Crippen molar-refractivity contribution in [2.75, 3.05) is 0 Å². The highest BCUT2D eigenvalue weighted by Gasteiger charge is 2.29. The van der Waals surface area contributed by atoms with E-state index in [0.717, 1.165) is 16.5 Å². The van der Waals surface area contributed by atoms with Crippen molar-refractivity contribution in [3.05, 3.63) is 94.8 Å². The summed E-state index contributed by atoms with van der Waals surface area (Å²) >= 11 is 5.80. The topological polar surface area (TPSA) is 85.5 Å². The maximum absolute atomic E-state index is 12.7. The summed E-state index contributed by atoms with van der Waals surface area (Å²) in [7, 11) is -4.06. The summed E-state index contributed by atoms with van der Waals surface area (Å²) in [5.74, 6) is 0.139. The smallest absolute Gasteiger partial charge is 0.339 e. The minimum Gasteiger partial charge on any atom is -0.452 e. The quantitative estimate of drug-likeness (QED) is 0.340. The van der Waals surface area contributed by atoms with Gasteiger partial charge in [0.25, 0.3) is 0 Å². The Kier molecular flexibility index (Phi) is 4.57. The Morgan fingerprint density at radius 3 is 2.58 bits per heavy atom. The van der Waals surface area contributed by atoms with Crippen molar-refractivity contribution in [3.63, 3.8) is 0 Å². The molecule has 0 aliphatic carbocycles. The van der Waals surface area contributed by atoms with Crippen molar-refractivity contribution in [1.29, 1.82) is 0 Å². The first-order chi connectivity index (χ1) is 14.9. The van der Waals surface area contributed by atoms with Gasteiger partial charge in [0.05, 0.1) is 5.56 Å². The van der Waals surface area contributed by atoms with Crippen molar-refractivity contribution in [2.24, 2.45) is 0 Å². The van der Waals surface area contributed by atoms with E-state index in [1.54, 1.807) is 12.3 Å². The summed E-state index contributed by atoms with van der Waals surface area (Å²) in [6.45, 7) is 0. The van der Waals surface area contributed by atoms with E-state index in [1.807, 2.05) is 24.3 Å². The van der Waals surface area contributed by atoms with Gasteiger partial charge in [0.2, 0.25) is 5.78 Å². The Hall–Kier alpha value is -3.55. The lowest BCUT2D eigenvalue weighted by Gasteiger charge is -2.08. The largest absolute Gasteiger partial charge is 0.452 e. The predicted octanol–water partition coefficient (Wildman–Crippen LogP) is 5.21. The molecule has 0 amide bonds. The summed E-state index contributed by atoms with van der Waals surface area (Å²) in [6.07, 6.45) is 3.46. The van der Waals surface area contributed by atoms with Crippen molar-refractivity contribution in [2.45, 2.75) is 4.90 Å². The van der Waals surface area contributed by atoms with Crippen molar-refractivity contribution in [3.8, 4) is 11.5 Å². The highest BCUT2D eigenvalue weighted by Crippen LogP contribution is 2.36. The van der Waals surface area contributed by atoms with Crippen LogP contribution in [0.25, 0.3) is 17.0 Å². The maximum atomic E-state index is 12.7. The van der Waals surface area contributed by atoms with Gasteiger partial charge in [-0.2, -0.15) is 8.42 Å². The highest BCUT2D eigenvalue weighted by atomic mass is 35.5. The molecule has 1 aliphatic rings. The lowest BCUT2D eigenvalue weighted by molar-refractivity contribution is 0.101. The first-order valence-electron chi connectivity index (χ1n) is 9.25. The molecule has 0 atom stereocenters. The third-order valence-electron chi connectivity index (χ3n) is 4.86. The number of H-pyrrole nitrogens is 1. The fourth-order valence-electron chi connectivity index (χ4n) is 3.35. The van der Waals surface area contributed by atoms with Crippen LogP contribution in [0.2, 0.25) is 5.02 Å². The summed E-state index contributed by atoms with van der Waals surface area (Å²) in [4.78, 5) is 15.8. The molecule has 0 saturated carbocycles. The van der Waals surface area contributed by atoms with Gasteiger partial charge in [0.15, 0.2) is 5.76 Å². The second-order valence-electron chi connectivity index (χ2n) is 6.88. The number of allylic oxidation sites excluding steroid dienone is 1. The first kappa shape index (κ1) is 19.4. The SMILES string of the molecule is O=C1/C(=C/c2c[nH]c3ccccc23)Oc2cc(OS(=O)(=O)c3ccc(Cl)cc3)ccc21. The van der Waals surface area contributed by atoms with Crippen molar-refractivity contribution < 1.29 is 22.1 Å². The number of ketones is 1. The van der Waals surface area contributed by atoms with E-state index in [9.17, 15) is 13.2 Å². The van der Waals surface area contributed by atoms with E-state index in [4.69, 9.17) is 20.5 Å². The van der Waals surface area contributed by atoms with Crippen LogP contribution in [0.1, 0.15) is 15.9 Å². The van der Waals surface area contributed by atoms with Gasteiger partial charge >= 0.3 is 10.1 Å². The molecule has 1 N–H and O–H groups in total. The zero-order valence-electron chi connectivity index (χ0n) is 15.8. The van der Waals surface area contributed by atoms with E-state index in [-0.39, 0.29) is 27.9 Å². The van der Waals surface area contributed by atoms with Gasteiger partial charge in [-0.05, 0) is 48.5 Å². The molecular formula is C23H14ClNO5S. The molecule has 0 bridgehead atoms. The highest BCUT2D eigenvalue weighted by molar-refractivity contribution is 7.87. The number of Topliss-reactive ketones (excluding diaryl/α,β-unsaturated/α-hetero) is 1. The Morgan fingerprint density at radius 1 is 1.00 bits per heavy atom. The Labute approximate surface area is 182 Å². The predicted molar refractivity (Wildman–Crippen MR) is 117 cm³/mol. The van der Waals surface area contributed by atoms with E-state index < -0.39 is 10.1 Å². The molecule has 2 heterocycles. The van der Waals surface area contributed by atoms with Gasteiger partial charge in [-0.15, -0.1) is 0 Å². The minimum absolute atomic E-state index is 0.0330. The minimum atomic E-state index is -4.06. The van der Waals surface area contributed by atoms with Gasteiger partial charge in [0, 0.05) is 33.8 Å². The van der Waals surface area contributed by atoms with Gasteiger partial charge in [-0.3, -0.25) is 4.79 Å². The number of fused-ring (bicyclic) bond motifs is 2. The molecule has 31 heavy (non-hydrogen) atoms. The Balaban J connectivity index is 1.43. The summed E-state index contributed by atoms with van der Waals surface area (Å²) in [5.41, 5.74) is 2.09. The fraction of sp³-hybridized carbons (Fsp3) is 0. The van der Waals surface area contributed by atoms with Crippen LogP contribution in [0.3, 0.4) is 0 Å². The van der Waals surface area contributed by atoms with E-state index >= 15 is 0 Å². The van der Waals surface area contributed by atoms with Crippen LogP contribution in [-0.2, 0) is 10.1 Å². The Morgan fingerprint density at radius 2 is 1.77 bits per heavy atom. The molecule has 3 aromatic carbocycles. The summed E-state index contributed by atoms with van der Waals surface area (Å²) < 4.78 is 35.9. The number of ether oxygens (including phenoxy) is 1. The number of rotatable bonds is 4. The van der Waals surface area contributed by atoms with Crippen LogP contribution < -0.4 is 8.92 Å². The van der Waals surface area contributed by atoms with Crippen LogP contribution in [0.5, 0.6) is 11.5 Å². The van der Waals surface area contributed by atoms with Crippen molar-refractivity contribution in [1.82, 2.24) is 4.98 Å². The number of nitrogens with one attached hydrogen (secondary N) is 1. The van der Waals surface area contributed by atoms with Gasteiger partial charge in [-0.1, -0.05) is 29.8 Å². The number of para-hydroxylation sites is 1. The average Bonchev–Trinajstić information content (AvgIpc) is 3.29. The van der Waals surface area contributed by atoms with Gasteiger partial charge in [-0.25, -0.2) is 0 Å². The zero-order chi connectivity index (χ0) is 21.6. The third-order valence-corrected chi connectivity index (χ3v) is 6.37. The molecule has 0 saturated heterocycles. The molecule has 6 nitrogen and oxygen atoms in total. The second-order valence-corrected chi connectivity index (χ2v) is 8.86. The number of halogens is 1. The summed E-state index contributed by atoms with van der Waals surface area (Å²) in [6, 6.07) is 17.6. The van der Waals surface area contributed by atoms with Crippen LogP contribution in [-0.4, -0.2) is 19.2 Å². The number of hydrogen-bond donors (Lipinski definition) is 1. The van der Waals surface area contributed by atoms with Crippen LogP contribution in [0, 0.1) is 0 Å². The average molecular weight is 452 g/mol. The summed E-state index contributed by atoms with van der Waals surface area (Å²) in [5, 5.41) is 1.37. The first-order valence-corrected chi connectivity index (χ1v) is 11.0. The standard InChI is InChI=1S/C23H14ClNO5S/c24-15-5-8-17(9-6-15)31(27,28)30-16-7-10-19-21(12-16)29-22(23(19)26)11-14-13-25-20-4-2-1-3-18(14)20/h1-13,25H/b22-11-. The van der Waals surface area contributed by atoms with E-state index in [2.05, 4.69) is 4.98 Å². The number of hydrogen-bond acceptors (Lipinski definition) is 5. The molecule has 0 spiro atoms. The number of aromatic nitrogens is 1. The molecule has 154 valence electrons. The number of carbonyl (C=O) groups excluding carboxylic acids is 1. The molecule has 0 fully saturated rings. The normalized spacial score (nSPS) is 14.6. The molecule has 0 unspecified atom stereocenters. The third kappa shape index (κ3) is 3.58. The molecular weight excluding hydrogens is 438 g/mol.